The average Bonchev–Trinajstić information content (AvgIpc) is 3.44. The zero-order valence-corrected chi connectivity index (χ0v) is 18.1. The number of aromatic nitrogens is 3. The van der Waals surface area contributed by atoms with Crippen LogP contribution >= 0.6 is 0 Å². The van der Waals surface area contributed by atoms with Gasteiger partial charge in [-0.1, -0.05) is 12.1 Å². The minimum absolute atomic E-state index is 0.234. The number of carbonyl (C=O) groups is 2. The molecule has 0 spiro atoms. The number of aliphatic carboxylic acids is 1. The van der Waals surface area contributed by atoms with E-state index >= 15 is 0 Å². The highest BCUT2D eigenvalue weighted by atomic mass is 16.4. The summed E-state index contributed by atoms with van der Waals surface area (Å²) >= 11 is 0. The Hall–Kier alpha value is -3.43. The van der Waals surface area contributed by atoms with E-state index < -0.39 is 17.9 Å². The minimum atomic E-state index is -1.04. The van der Waals surface area contributed by atoms with Crippen LogP contribution in [0.4, 0.5) is 0 Å². The second-order valence-electron chi connectivity index (χ2n) is 7.81. The van der Waals surface area contributed by atoms with Crippen LogP contribution in [0.1, 0.15) is 46.2 Å². The van der Waals surface area contributed by atoms with Gasteiger partial charge < -0.3 is 26.0 Å². The van der Waals surface area contributed by atoms with Crippen LogP contribution in [0.25, 0.3) is 0 Å². The topological polar surface area (TPSA) is 138 Å². The van der Waals surface area contributed by atoms with E-state index in [4.69, 9.17) is 5.73 Å². The number of hydrogen-bond acceptors (Lipinski definition) is 5. The summed E-state index contributed by atoms with van der Waals surface area (Å²) in [5, 5.41) is 22.2. The molecule has 0 radical (unpaired) electrons. The number of benzene rings is 1. The fraction of sp³-hybridized carbons (Fsp3) is 0.348. The second kappa shape index (κ2) is 11.3. The van der Waals surface area contributed by atoms with E-state index in [9.17, 15) is 14.7 Å². The van der Waals surface area contributed by atoms with Gasteiger partial charge in [-0.25, -0.2) is 4.79 Å². The number of H-pyrrole nitrogens is 1. The number of hydrogen-bond donors (Lipinski definition) is 5. The summed E-state index contributed by atoms with van der Waals surface area (Å²) in [7, 11) is 1.98. The van der Waals surface area contributed by atoms with Crippen LogP contribution in [0.3, 0.4) is 0 Å². The number of nitrogens with two attached hydrogens (primary N) is 1. The van der Waals surface area contributed by atoms with Crippen molar-refractivity contribution in [3.63, 3.8) is 0 Å². The van der Waals surface area contributed by atoms with Crippen molar-refractivity contribution in [1.29, 1.82) is 0 Å². The molecular weight excluding hydrogens is 408 g/mol. The minimum Gasteiger partial charge on any atom is -0.480 e. The maximum Gasteiger partial charge on any atom is 0.326 e. The highest BCUT2D eigenvalue weighted by molar-refractivity contribution is 5.96. The van der Waals surface area contributed by atoms with Crippen LogP contribution in [0.5, 0.6) is 0 Å². The van der Waals surface area contributed by atoms with Gasteiger partial charge in [0.25, 0.3) is 5.91 Å². The van der Waals surface area contributed by atoms with E-state index in [-0.39, 0.29) is 6.04 Å². The van der Waals surface area contributed by atoms with Gasteiger partial charge in [-0.05, 0) is 55.3 Å². The standard InChI is InChI=1S/C23H30N6O3/c1-29-13-3-4-19(29)15-25-11-2-5-21(23(31)32)27-22(30)17-8-6-16(7-9-17)20(24)14-18-10-12-26-28-18/h3-4,6-10,12-13,20-21,25H,2,5,11,14-15,24H2,1H3,(H,26,28)(H,27,30)(H,31,32)/t20?,21-/m0/s1. The zero-order valence-electron chi connectivity index (χ0n) is 18.1. The summed E-state index contributed by atoms with van der Waals surface area (Å²) in [5.41, 5.74) is 9.59. The molecule has 6 N–H and O–H groups in total. The van der Waals surface area contributed by atoms with Gasteiger partial charge in [0.15, 0.2) is 0 Å². The van der Waals surface area contributed by atoms with E-state index in [0.717, 1.165) is 17.0 Å². The lowest BCUT2D eigenvalue weighted by Crippen LogP contribution is -2.41. The fourth-order valence-electron chi connectivity index (χ4n) is 3.46. The molecule has 1 aromatic carbocycles. The van der Waals surface area contributed by atoms with E-state index in [1.807, 2.05) is 36.0 Å². The number of aryl methyl sites for hydroxylation is 1. The molecule has 0 bridgehead atoms. The molecule has 9 heteroatoms. The molecule has 1 amide bonds. The molecule has 9 nitrogen and oxygen atoms in total. The molecule has 3 rings (SSSR count). The van der Waals surface area contributed by atoms with Crippen LogP contribution in [0.15, 0.2) is 54.9 Å². The number of rotatable bonds is 12. The lowest BCUT2D eigenvalue weighted by Gasteiger charge is -2.16. The molecule has 2 atom stereocenters. The number of carboxylic acids is 1. The summed E-state index contributed by atoms with van der Waals surface area (Å²) in [6.45, 7) is 1.37. The van der Waals surface area contributed by atoms with Gasteiger partial charge in [0.05, 0.1) is 0 Å². The lowest BCUT2D eigenvalue weighted by atomic mass is 10.0. The Morgan fingerprint density at radius 1 is 1.22 bits per heavy atom. The van der Waals surface area contributed by atoms with Crippen LogP contribution in [0, 0.1) is 0 Å². The first-order valence-electron chi connectivity index (χ1n) is 10.6. The number of nitrogens with zero attached hydrogens (tertiary/aromatic N) is 2. The average molecular weight is 439 g/mol. The van der Waals surface area contributed by atoms with Crippen LogP contribution in [0.2, 0.25) is 0 Å². The predicted octanol–water partition coefficient (Wildman–Crippen LogP) is 1.74. The van der Waals surface area contributed by atoms with E-state index in [1.165, 1.54) is 0 Å². The van der Waals surface area contributed by atoms with Gasteiger partial charge in [0.2, 0.25) is 0 Å². The van der Waals surface area contributed by atoms with Crippen molar-refractivity contribution in [2.75, 3.05) is 6.54 Å². The van der Waals surface area contributed by atoms with Gasteiger partial charge in [-0.3, -0.25) is 9.89 Å². The molecule has 3 aromatic rings. The first kappa shape index (κ1) is 23.2. The predicted molar refractivity (Wildman–Crippen MR) is 121 cm³/mol. The maximum atomic E-state index is 12.5. The third-order valence-electron chi connectivity index (χ3n) is 5.41. The molecule has 0 aliphatic carbocycles. The van der Waals surface area contributed by atoms with E-state index in [2.05, 4.69) is 20.8 Å². The van der Waals surface area contributed by atoms with Gasteiger partial charge in [0.1, 0.15) is 6.04 Å². The van der Waals surface area contributed by atoms with E-state index in [0.29, 0.717) is 37.9 Å². The van der Waals surface area contributed by atoms with Crippen molar-refractivity contribution < 1.29 is 14.7 Å². The van der Waals surface area contributed by atoms with Crippen molar-refractivity contribution >= 4 is 11.9 Å². The number of carbonyl (C=O) groups excluding carboxylic acids is 1. The lowest BCUT2D eigenvalue weighted by molar-refractivity contribution is -0.139. The van der Waals surface area contributed by atoms with Crippen molar-refractivity contribution in [3.8, 4) is 0 Å². The molecule has 1 unspecified atom stereocenters. The Kier molecular flexibility index (Phi) is 8.18. The zero-order chi connectivity index (χ0) is 22.9. The van der Waals surface area contributed by atoms with Crippen molar-refractivity contribution in [1.82, 2.24) is 25.4 Å². The van der Waals surface area contributed by atoms with Crippen molar-refractivity contribution in [3.05, 3.63) is 77.4 Å². The van der Waals surface area contributed by atoms with Gasteiger partial charge in [-0.15, -0.1) is 0 Å². The largest absolute Gasteiger partial charge is 0.480 e. The SMILES string of the molecule is Cn1cccc1CNCCC[C@H](NC(=O)c1ccc(C(N)Cc2ccn[nH]2)cc1)C(=O)O. The Labute approximate surface area is 187 Å². The third-order valence-corrected chi connectivity index (χ3v) is 5.41. The molecule has 0 saturated heterocycles. The Morgan fingerprint density at radius 3 is 2.62 bits per heavy atom. The number of carboxylic acid groups (broad SMARTS) is 1. The van der Waals surface area contributed by atoms with E-state index in [1.54, 1.807) is 30.5 Å². The highest BCUT2D eigenvalue weighted by Gasteiger charge is 2.20. The fourth-order valence-corrected chi connectivity index (χ4v) is 3.46. The maximum absolute atomic E-state index is 12.5. The molecule has 0 aliphatic heterocycles. The smallest absolute Gasteiger partial charge is 0.326 e. The summed E-state index contributed by atoms with van der Waals surface area (Å²) in [6, 6.07) is 11.6. The monoisotopic (exact) mass is 438 g/mol. The first-order chi connectivity index (χ1) is 15.4. The third kappa shape index (κ3) is 6.53. The molecule has 0 fully saturated rings. The molecule has 2 heterocycles. The number of amides is 1. The molecule has 170 valence electrons. The molecule has 2 aromatic heterocycles. The van der Waals surface area contributed by atoms with Crippen molar-refractivity contribution in [2.24, 2.45) is 12.8 Å². The molecule has 0 saturated carbocycles. The summed E-state index contributed by atoms with van der Waals surface area (Å²) in [6.07, 6.45) is 5.22. The quantitative estimate of drug-likeness (QED) is 0.273. The number of nitrogens with one attached hydrogen (secondary N) is 3. The summed E-state index contributed by atoms with van der Waals surface area (Å²) in [5.74, 6) is -1.46. The van der Waals surface area contributed by atoms with Crippen molar-refractivity contribution in [2.45, 2.75) is 37.9 Å². The molecule has 32 heavy (non-hydrogen) atoms. The normalized spacial score (nSPS) is 12.9. The van der Waals surface area contributed by atoms with Gasteiger partial charge in [-0.2, -0.15) is 5.10 Å². The Bertz CT molecular complexity index is 997. The molecule has 0 aliphatic rings. The van der Waals surface area contributed by atoms with Gasteiger partial charge in [0, 0.05) is 55.4 Å². The first-order valence-corrected chi connectivity index (χ1v) is 10.6. The van der Waals surface area contributed by atoms with Crippen LogP contribution in [-0.2, 0) is 24.8 Å². The van der Waals surface area contributed by atoms with Crippen LogP contribution < -0.4 is 16.4 Å². The summed E-state index contributed by atoms with van der Waals surface area (Å²) in [4.78, 5) is 24.1. The highest BCUT2D eigenvalue weighted by Crippen LogP contribution is 2.16. The second-order valence-corrected chi connectivity index (χ2v) is 7.81. The molecular formula is C23H30N6O3. The Morgan fingerprint density at radius 2 is 2.00 bits per heavy atom. The van der Waals surface area contributed by atoms with Crippen LogP contribution in [-0.4, -0.2) is 44.3 Å². The summed E-state index contributed by atoms with van der Waals surface area (Å²) < 4.78 is 2.03. The van der Waals surface area contributed by atoms with Gasteiger partial charge >= 0.3 is 5.97 Å². The Balaban J connectivity index is 1.46. The number of aromatic amines is 1.